The number of aryl methyl sites for hydroxylation is 1. The van der Waals surface area contributed by atoms with E-state index in [9.17, 15) is 9.59 Å². The van der Waals surface area contributed by atoms with Gasteiger partial charge < -0.3 is 5.32 Å². The molecule has 2 amide bonds. The van der Waals surface area contributed by atoms with Crippen molar-refractivity contribution in [3.05, 3.63) is 82.5 Å². The monoisotopic (exact) mass is 408 g/mol. The third kappa shape index (κ3) is 4.49. The molecule has 0 fully saturated rings. The Kier molecular flexibility index (Phi) is 5.62. The Morgan fingerprint density at radius 3 is 2.52 bits per heavy atom. The van der Waals surface area contributed by atoms with Crippen LogP contribution >= 0.6 is 11.6 Å². The fourth-order valence-corrected chi connectivity index (χ4v) is 3.50. The van der Waals surface area contributed by atoms with E-state index in [2.05, 4.69) is 10.4 Å². The van der Waals surface area contributed by atoms with Crippen LogP contribution in [0.15, 0.2) is 60.8 Å². The summed E-state index contributed by atoms with van der Waals surface area (Å²) in [6.07, 6.45) is 2.90. The van der Waals surface area contributed by atoms with Crippen LogP contribution in [0.3, 0.4) is 0 Å². The van der Waals surface area contributed by atoms with E-state index in [1.165, 1.54) is 0 Å². The summed E-state index contributed by atoms with van der Waals surface area (Å²) in [6.45, 7) is 1.63. The summed E-state index contributed by atoms with van der Waals surface area (Å²) in [5, 5.41) is 7.87. The van der Waals surface area contributed by atoms with Gasteiger partial charge in [-0.25, -0.2) is 4.68 Å². The van der Waals surface area contributed by atoms with Gasteiger partial charge >= 0.3 is 0 Å². The van der Waals surface area contributed by atoms with Crippen LogP contribution < -0.4 is 10.2 Å². The minimum Gasteiger partial charge on any atom is -0.352 e. The zero-order valence-corrected chi connectivity index (χ0v) is 16.6. The number of carbonyl (C=O) groups excluding carboxylic acids is 2. The molecule has 0 saturated carbocycles. The Balaban J connectivity index is 1.33. The quantitative estimate of drug-likeness (QED) is 0.679. The molecule has 0 spiro atoms. The third-order valence-corrected chi connectivity index (χ3v) is 5.23. The molecule has 1 aromatic heterocycles. The lowest BCUT2D eigenvalue weighted by Crippen LogP contribution is -2.36. The van der Waals surface area contributed by atoms with Crippen molar-refractivity contribution in [1.29, 1.82) is 0 Å². The van der Waals surface area contributed by atoms with E-state index in [1.807, 2.05) is 47.1 Å². The van der Waals surface area contributed by atoms with Crippen LogP contribution in [0.4, 0.5) is 5.82 Å². The van der Waals surface area contributed by atoms with Gasteiger partial charge in [0, 0.05) is 29.6 Å². The second kappa shape index (κ2) is 8.49. The van der Waals surface area contributed by atoms with Gasteiger partial charge in [-0.2, -0.15) is 5.10 Å². The van der Waals surface area contributed by atoms with Gasteiger partial charge in [-0.15, -0.1) is 0 Å². The summed E-state index contributed by atoms with van der Waals surface area (Å²) < 4.78 is 1.84. The van der Waals surface area contributed by atoms with Gasteiger partial charge in [0.25, 0.3) is 5.91 Å². The first-order valence-electron chi connectivity index (χ1n) is 9.54. The first-order chi connectivity index (χ1) is 14.1. The van der Waals surface area contributed by atoms with Gasteiger partial charge in [-0.05, 0) is 41.8 Å². The molecular weight excluding hydrogens is 388 g/mol. The number of anilines is 1. The number of benzene rings is 2. The molecule has 0 unspecified atom stereocenters. The second-order valence-electron chi connectivity index (χ2n) is 6.97. The predicted molar refractivity (Wildman–Crippen MR) is 112 cm³/mol. The number of hydrogen-bond acceptors (Lipinski definition) is 3. The molecule has 2 heterocycles. The van der Waals surface area contributed by atoms with Crippen molar-refractivity contribution in [2.45, 2.75) is 25.9 Å². The van der Waals surface area contributed by atoms with Gasteiger partial charge in [-0.1, -0.05) is 35.9 Å². The largest absolute Gasteiger partial charge is 0.352 e. The molecule has 29 heavy (non-hydrogen) atoms. The zero-order chi connectivity index (χ0) is 20.2. The molecule has 0 atom stereocenters. The Morgan fingerprint density at radius 1 is 1.03 bits per heavy atom. The van der Waals surface area contributed by atoms with Crippen LogP contribution in [-0.4, -0.2) is 28.1 Å². The Labute approximate surface area is 174 Å². The van der Waals surface area contributed by atoms with Crippen LogP contribution in [0.1, 0.15) is 27.9 Å². The van der Waals surface area contributed by atoms with Crippen LogP contribution in [0.2, 0.25) is 5.02 Å². The molecule has 4 rings (SSSR count). The van der Waals surface area contributed by atoms with E-state index in [0.717, 1.165) is 23.4 Å². The molecule has 7 heteroatoms. The molecule has 1 aliphatic heterocycles. The molecular formula is C22H21ClN4O2. The minimum absolute atomic E-state index is 0.0852. The number of aromatic nitrogens is 2. The van der Waals surface area contributed by atoms with Crippen LogP contribution in [0.25, 0.3) is 0 Å². The first-order valence-corrected chi connectivity index (χ1v) is 9.92. The number of rotatable bonds is 6. The fraction of sp³-hybridized carbons (Fsp3) is 0.227. The van der Waals surface area contributed by atoms with Crippen molar-refractivity contribution >= 4 is 29.2 Å². The fourth-order valence-electron chi connectivity index (χ4n) is 3.38. The van der Waals surface area contributed by atoms with Gasteiger partial charge in [0.1, 0.15) is 5.82 Å². The summed E-state index contributed by atoms with van der Waals surface area (Å²) in [6, 6.07) is 16.8. The number of amides is 2. The summed E-state index contributed by atoms with van der Waals surface area (Å²) >= 11 is 5.88. The Morgan fingerprint density at radius 2 is 1.76 bits per heavy atom. The number of hydrogen-bond donors (Lipinski definition) is 1. The number of nitrogens with zero attached hydrogens (tertiary/aromatic N) is 3. The standard InChI is InChI=1S/C22H21ClN4O2/c23-19-7-3-16(4-8-19)9-12-24-22(29)18-5-1-17(2-6-18)15-26-20-10-13-25-27(20)14-11-21(26)28/h1-8,10,13H,9,11-12,14-15H2,(H,24,29). The van der Waals surface area contributed by atoms with Crippen molar-refractivity contribution in [3.8, 4) is 0 Å². The summed E-state index contributed by atoms with van der Waals surface area (Å²) in [7, 11) is 0. The number of fused-ring (bicyclic) bond motifs is 1. The van der Waals surface area contributed by atoms with Crippen molar-refractivity contribution in [2.24, 2.45) is 0 Å². The van der Waals surface area contributed by atoms with Crippen molar-refractivity contribution in [3.63, 3.8) is 0 Å². The molecule has 0 radical (unpaired) electrons. The lowest BCUT2D eigenvalue weighted by molar-refractivity contribution is -0.119. The highest BCUT2D eigenvalue weighted by molar-refractivity contribution is 6.30. The van der Waals surface area contributed by atoms with Gasteiger partial charge in [0.05, 0.1) is 19.3 Å². The highest BCUT2D eigenvalue weighted by Gasteiger charge is 2.24. The molecule has 3 aromatic rings. The van der Waals surface area contributed by atoms with Crippen LogP contribution in [0.5, 0.6) is 0 Å². The Hall–Kier alpha value is -3.12. The van der Waals surface area contributed by atoms with Gasteiger partial charge in [-0.3, -0.25) is 14.5 Å². The van der Waals surface area contributed by atoms with E-state index in [0.29, 0.717) is 36.6 Å². The molecule has 1 N–H and O–H groups in total. The number of halogens is 1. The molecule has 0 bridgehead atoms. The van der Waals surface area contributed by atoms with Crippen LogP contribution in [0, 0.1) is 0 Å². The minimum atomic E-state index is -0.113. The lowest BCUT2D eigenvalue weighted by Gasteiger charge is -2.27. The first kappa shape index (κ1) is 19.2. The van der Waals surface area contributed by atoms with Crippen molar-refractivity contribution in [1.82, 2.24) is 15.1 Å². The molecule has 148 valence electrons. The molecule has 2 aromatic carbocycles. The highest BCUT2D eigenvalue weighted by Crippen LogP contribution is 2.23. The zero-order valence-electron chi connectivity index (χ0n) is 15.8. The maximum absolute atomic E-state index is 12.4. The molecule has 6 nitrogen and oxygen atoms in total. The third-order valence-electron chi connectivity index (χ3n) is 4.98. The second-order valence-corrected chi connectivity index (χ2v) is 7.41. The topological polar surface area (TPSA) is 67.2 Å². The Bertz CT molecular complexity index is 1010. The van der Waals surface area contributed by atoms with E-state index in [4.69, 9.17) is 11.6 Å². The van der Waals surface area contributed by atoms with Gasteiger partial charge in [0.2, 0.25) is 5.91 Å². The van der Waals surface area contributed by atoms with Crippen molar-refractivity contribution in [2.75, 3.05) is 11.4 Å². The van der Waals surface area contributed by atoms with Crippen molar-refractivity contribution < 1.29 is 9.59 Å². The molecule has 1 aliphatic rings. The average molecular weight is 409 g/mol. The number of nitrogens with one attached hydrogen (secondary N) is 1. The molecule has 0 aliphatic carbocycles. The van der Waals surface area contributed by atoms with Crippen LogP contribution in [-0.2, 0) is 24.3 Å². The van der Waals surface area contributed by atoms with Gasteiger partial charge in [0.15, 0.2) is 0 Å². The maximum atomic E-state index is 12.4. The smallest absolute Gasteiger partial charge is 0.251 e. The summed E-state index contributed by atoms with van der Waals surface area (Å²) in [4.78, 5) is 26.4. The van der Waals surface area contributed by atoms with E-state index < -0.39 is 0 Å². The highest BCUT2D eigenvalue weighted by atomic mass is 35.5. The van der Waals surface area contributed by atoms with E-state index in [-0.39, 0.29) is 11.8 Å². The SMILES string of the molecule is O=C(NCCc1ccc(Cl)cc1)c1ccc(CN2C(=O)CCn3nccc32)cc1. The molecule has 0 saturated heterocycles. The number of carbonyl (C=O) groups is 2. The average Bonchev–Trinajstić information content (AvgIpc) is 3.21. The normalized spacial score (nSPS) is 13.3. The lowest BCUT2D eigenvalue weighted by atomic mass is 10.1. The predicted octanol–water partition coefficient (Wildman–Crippen LogP) is 3.45. The summed E-state index contributed by atoms with van der Waals surface area (Å²) in [5.74, 6) is 0.782. The van der Waals surface area contributed by atoms with E-state index >= 15 is 0 Å². The van der Waals surface area contributed by atoms with E-state index in [1.54, 1.807) is 23.2 Å². The summed E-state index contributed by atoms with van der Waals surface area (Å²) in [5.41, 5.74) is 2.68. The maximum Gasteiger partial charge on any atom is 0.251 e.